The van der Waals surface area contributed by atoms with E-state index < -0.39 is 0 Å². The first-order valence-electron chi connectivity index (χ1n) is 3.66. The van der Waals surface area contributed by atoms with Crippen LogP contribution in [0.5, 0.6) is 0 Å². The minimum atomic E-state index is 0.207. The van der Waals surface area contributed by atoms with Gasteiger partial charge in [-0.05, 0) is 31.1 Å². The largest absolute Gasteiger partial charge is 0.0880 e. The average molecular weight is 123 g/mol. The highest BCUT2D eigenvalue weighted by Crippen LogP contribution is 2.34. The molecule has 1 aliphatic rings. The molecule has 0 fully saturated rings. The van der Waals surface area contributed by atoms with Crippen LogP contribution < -0.4 is 0 Å². The highest BCUT2D eigenvalue weighted by atomic mass is 14.3. The van der Waals surface area contributed by atoms with Crippen LogP contribution in [0.15, 0.2) is 12.2 Å². The Labute approximate surface area is 58.0 Å². The van der Waals surface area contributed by atoms with E-state index in [9.17, 15) is 0 Å². The molecule has 0 aromatic carbocycles. The van der Waals surface area contributed by atoms with E-state index in [-0.39, 0.29) is 5.41 Å². The van der Waals surface area contributed by atoms with Gasteiger partial charge in [0.05, 0.1) is 0 Å². The van der Waals surface area contributed by atoms with E-state index in [1.165, 1.54) is 12.8 Å². The predicted octanol–water partition coefficient (Wildman–Crippen LogP) is 2.81. The van der Waals surface area contributed by atoms with Gasteiger partial charge < -0.3 is 0 Å². The monoisotopic (exact) mass is 123 g/mol. The van der Waals surface area contributed by atoms with Crippen molar-refractivity contribution in [1.29, 1.82) is 0 Å². The summed E-state index contributed by atoms with van der Waals surface area (Å²) in [5.41, 5.74) is 0.207. The first-order valence-corrected chi connectivity index (χ1v) is 3.66. The van der Waals surface area contributed by atoms with Crippen LogP contribution in [0.25, 0.3) is 0 Å². The second-order valence-electron chi connectivity index (χ2n) is 3.39. The van der Waals surface area contributed by atoms with Gasteiger partial charge in [-0.25, -0.2) is 0 Å². The molecule has 2 atom stereocenters. The van der Waals surface area contributed by atoms with Gasteiger partial charge in [0.25, 0.3) is 0 Å². The lowest BCUT2D eigenvalue weighted by Gasteiger charge is -2.31. The number of allylic oxidation sites excluding steroid dienone is 2. The van der Waals surface area contributed by atoms with Gasteiger partial charge in [0.15, 0.2) is 0 Å². The summed E-state index contributed by atoms with van der Waals surface area (Å²) in [5, 5.41) is 0. The van der Waals surface area contributed by atoms with Gasteiger partial charge >= 0.3 is 0 Å². The third-order valence-electron chi connectivity index (χ3n) is 2.39. The molecule has 1 aliphatic carbocycles. The SMILES string of the molecule is [CH2]C1(C)C=CCCC1C. The summed E-state index contributed by atoms with van der Waals surface area (Å²) in [6.07, 6.45) is 7.02. The third-order valence-corrected chi connectivity index (χ3v) is 2.39. The van der Waals surface area contributed by atoms with Crippen molar-refractivity contribution in [1.82, 2.24) is 0 Å². The van der Waals surface area contributed by atoms with Crippen molar-refractivity contribution in [3.8, 4) is 0 Å². The Bertz CT molecular complexity index is 120. The molecule has 0 nitrogen and oxygen atoms in total. The van der Waals surface area contributed by atoms with Crippen LogP contribution in [-0.2, 0) is 0 Å². The molecule has 0 aromatic rings. The Kier molecular flexibility index (Phi) is 1.65. The summed E-state index contributed by atoms with van der Waals surface area (Å²) in [6, 6.07) is 0. The molecule has 2 unspecified atom stereocenters. The molecule has 0 N–H and O–H groups in total. The molecule has 1 radical (unpaired) electrons. The second kappa shape index (κ2) is 2.17. The summed E-state index contributed by atoms with van der Waals surface area (Å²) in [6.45, 7) is 8.60. The molecule has 0 aliphatic heterocycles. The summed E-state index contributed by atoms with van der Waals surface area (Å²) in [7, 11) is 0. The van der Waals surface area contributed by atoms with E-state index in [1.54, 1.807) is 0 Å². The van der Waals surface area contributed by atoms with Crippen LogP contribution in [0.4, 0.5) is 0 Å². The van der Waals surface area contributed by atoms with Gasteiger partial charge in [0.1, 0.15) is 0 Å². The molecule has 0 spiro atoms. The topological polar surface area (TPSA) is 0 Å². The van der Waals surface area contributed by atoms with Crippen molar-refractivity contribution in [2.24, 2.45) is 11.3 Å². The van der Waals surface area contributed by atoms with Crippen molar-refractivity contribution >= 4 is 0 Å². The van der Waals surface area contributed by atoms with E-state index in [2.05, 4.69) is 32.9 Å². The summed E-state index contributed by atoms with van der Waals surface area (Å²) in [4.78, 5) is 0. The fourth-order valence-corrected chi connectivity index (χ4v) is 1.19. The van der Waals surface area contributed by atoms with E-state index in [0.717, 1.165) is 5.92 Å². The molecule has 9 heavy (non-hydrogen) atoms. The molecule has 1 rings (SSSR count). The summed E-state index contributed by atoms with van der Waals surface area (Å²) < 4.78 is 0. The fourth-order valence-electron chi connectivity index (χ4n) is 1.19. The van der Waals surface area contributed by atoms with Gasteiger partial charge in [-0.1, -0.05) is 26.0 Å². The molecule has 0 heteroatoms. The maximum absolute atomic E-state index is 4.12. The first-order chi connectivity index (χ1) is 4.13. The molecule has 0 saturated carbocycles. The summed E-state index contributed by atoms with van der Waals surface area (Å²) >= 11 is 0. The number of rotatable bonds is 0. The molecular weight excluding hydrogens is 108 g/mol. The van der Waals surface area contributed by atoms with Crippen LogP contribution >= 0.6 is 0 Å². The molecule has 0 saturated heterocycles. The van der Waals surface area contributed by atoms with Crippen LogP contribution in [0.3, 0.4) is 0 Å². The van der Waals surface area contributed by atoms with Gasteiger partial charge in [-0.2, -0.15) is 0 Å². The van der Waals surface area contributed by atoms with Crippen LogP contribution in [-0.4, -0.2) is 0 Å². The van der Waals surface area contributed by atoms with Gasteiger partial charge in [-0.15, -0.1) is 0 Å². The standard InChI is InChI=1S/C9H15/c1-8-6-4-5-7-9(8,2)3/h5,7-8H,2,4,6H2,1,3H3. The summed E-state index contributed by atoms with van der Waals surface area (Å²) in [5.74, 6) is 0.752. The molecular formula is C9H15. The smallest absolute Gasteiger partial charge is 0.0120 e. The van der Waals surface area contributed by atoms with Gasteiger partial charge in [0, 0.05) is 0 Å². The van der Waals surface area contributed by atoms with Crippen molar-refractivity contribution in [3.05, 3.63) is 19.1 Å². The van der Waals surface area contributed by atoms with E-state index >= 15 is 0 Å². The fraction of sp³-hybridized carbons (Fsp3) is 0.667. The van der Waals surface area contributed by atoms with Crippen LogP contribution in [0, 0.1) is 18.3 Å². The van der Waals surface area contributed by atoms with Crippen molar-refractivity contribution in [2.45, 2.75) is 26.7 Å². The molecule has 51 valence electrons. The van der Waals surface area contributed by atoms with E-state index in [0.29, 0.717) is 0 Å². The average Bonchev–Trinajstić information content (AvgIpc) is 1.77. The lowest BCUT2D eigenvalue weighted by Crippen LogP contribution is -2.21. The minimum absolute atomic E-state index is 0.207. The first kappa shape index (κ1) is 6.85. The Balaban J connectivity index is 2.68. The van der Waals surface area contributed by atoms with Crippen LogP contribution in [0.1, 0.15) is 26.7 Å². The zero-order chi connectivity index (χ0) is 6.91. The minimum Gasteiger partial charge on any atom is -0.0880 e. The predicted molar refractivity (Wildman–Crippen MR) is 41.0 cm³/mol. The quantitative estimate of drug-likeness (QED) is 0.434. The molecule has 0 bridgehead atoms. The Hall–Kier alpha value is -0.260. The third kappa shape index (κ3) is 1.35. The number of hydrogen-bond donors (Lipinski definition) is 0. The molecule has 0 aromatic heterocycles. The van der Waals surface area contributed by atoms with Crippen molar-refractivity contribution < 1.29 is 0 Å². The van der Waals surface area contributed by atoms with E-state index in [4.69, 9.17) is 0 Å². The second-order valence-corrected chi connectivity index (χ2v) is 3.39. The zero-order valence-electron chi connectivity index (χ0n) is 6.35. The Morgan fingerprint density at radius 1 is 1.67 bits per heavy atom. The van der Waals surface area contributed by atoms with E-state index in [1.807, 2.05) is 0 Å². The number of hydrogen-bond acceptors (Lipinski definition) is 0. The molecule has 0 heterocycles. The lowest BCUT2D eigenvalue weighted by molar-refractivity contribution is 0.314. The highest BCUT2D eigenvalue weighted by Gasteiger charge is 2.24. The van der Waals surface area contributed by atoms with Crippen molar-refractivity contribution in [2.75, 3.05) is 0 Å². The zero-order valence-corrected chi connectivity index (χ0v) is 6.35. The lowest BCUT2D eigenvalue weighted by atomic mass is 9.74. The van der Waals surface area contributed by atoms with Crippen molar-refractivity contribution in [3.63, 3.8) is 0 Å². The normalized spacial score (nSPS) is 32.6. The van der Waals surface area contributed by atoms with Gasteiger partial charge in [-0.3, -0.25) is 0 Å². The maximum atomic E-state index is 4.12. The Morgan fingerprint density at radius 2 is 2.33 bits per heavy atom. The maximum Gasteiger partial charge on any atom is -0.0120 e. The van der Waals surface area contributed by atoms with Crippen LogP contribution in [0.2, 0.25) is 0 Å². The highest BCUT2D eigenvalue weighted by molar-refractivity contribution is 5.05. The molecule has 0 amide bonds. The van der Waals surface area contributed by atoms with Gasteiger partial charge in [0.2, 0.25) is 0 Å². The Morgan fingerprint density at radius 3 is 2.67 bits per heavy atom.